The summed E-state index contributed by atoms with van der Waals surface area (Å²) in [5.74, 6) is 0.535. The Morgan fingerprint density at radius 2 is 2.38 bits per heavy atom. The molecule has 0 radical (unpaired) electrons. The fraction of sp³-hybridized carbons (Fsp3) is 0.667. The normalized spacial score (nSPS) is 20.8. The van der Waals surface area contributed by atoms with Crippen LogP contribution >= 0.6 is 0 Å². The van der Waals surface area contributed by atoms with E-state index < -0.39 is 0 Å². The number of imidazole rings is 1. The molecule has 1 amide bonds. The Morgan fingerprint density at radius 1 is 1.56 bits per heavy atom. The van der Waals surface area contributed by atoms with E-state index in [1.54, 1.807) is 0 Å². The molecular formula is C12H19N3O. The van der Waals surface area contributed by atoms with Crippen LogP contribution < -0.4 is 0 Å². The van der Waals surface area contributed by atoms with Crippen molar-refractivity contribution in [3.63, 3.8) is 0 Å². The molecule has 1 aromatic heterocycles. The van der Waals surface area contributed by atoms with Crippen LogP contribution in [0.3, 0.4) is 0 Å². The molecule has 0 saturated carbocycles. The Hall–Kier alpha value is -1.32. The third-order valence-electron chi connectivity index (χ3n) is 3.43. The number of likely N-dealkylation sites (tertiary alicyclic amines) is 1. The molecule has 88 valence electrons. The van der Waals surface area contributed by atoms with Crippen LogP contribution in [0.1, 0.15) is 25.5 Å². The van der Waals surface area contributed by atoms with Crippen molar-refractivity contribution >= 4 is 5.91 Å². The number of aryl methyl sites for hydroxylation is 2. The summed E-state index contributed by atoms with van der Waals surface area (Å²) in [5.41, 5.74) is 1.24. The second-order valence-electron chi connectivity index (χ2n) is 4.46. The molecule has 1 aliphatic heterocycles. The summed E-state index contributed by atoms with van der Waals surface area (Å²) >= 11 is 0. The van der Waals surface area contributed by atoms with E-state index in [2.05, 4.69) is 16.5 Å². The second kappa shape index (κ2) is 4.68. The monoisotopic (exact) mass is 221 g/mol. The molecule has 1 aliphatic rings. The molecule has 1 fully saturated rings. The van der Waals surface area contributed by atoms with Crippen LogP contribution in [-0.2, 0) is 17.8 Å². The maximum atomic E-state index is 11.7. The zero-order chi connectivity index (χ0) is 11.5. The number of hydrogen-bond donors (Lipinski definition) is 0. The van der Waals surface area contributed by atoms with Crippen molar-refractivity contribution in [3.05, 3.63) is 18.2 Å². The van der Waals surface area contributed by atoms with Gasteiger partial charge in [0.15, 0.2) is 0 Å². The van der Waals surface area contributed by atoms with Crippen molar-refractivity contribution in [1.82, 2.24) is 14.5 Å². The third-order valence-corrected chi connectivity index (χ3v) is 3.43. The molecule has 0 spiro atoms. The minimum Gasteiger partial charge on any atom is -0.345 e. The number of hydrogen-bond acceptors (Lipinski definition) is 2. The maximum Gasteiger partial charge on any atom is 0.225 e. The molecule has 2 heterocycles. The van der Waals surface area contributed by atoms with Gasteiger partial charge in [0.1, 0.15) is 0 Å². The van der Waals surface area contributed by atoms with Crippen molar-refractivity contribution in [3.8, 4) is 0 Å². The topological polar surface area (TPSA) is 38.1 Å². The first kappa shape index (κ1) is 11.2. The van der Waals surface area contributed by atoms with Gasteiger partial charge < -0.3 is 9.47 Å². The Balaban J connectivity index is 1.90. The number of nitrogens with zero attached hydrogens (tertiary/aromatic N) is 3. The second-order valence-corrected chi connectivity index (χ2v) is 4.46. The Bertz CT molecular complexity index is 372. The summed E-state index contributed by atoms with van der Waals surface area (Å²) in [5, 5.41) is 0. The van der Waals surface area contributed by atoms with Gasteiger partial charge in [-0.2, -0.15) is 0 Å². The van der Waals surface area contributed by atoms with Crippen molar-refractivity contribution in [1.29, 1.82) is 0 Å². The maximum absolute atomic E-state index is 11.7. The van der Waals surface area contributed by atoms with E-state index in [1.807, 2.05) is 24.5 Å². The predicted molar refractivity (Wildman–Crippen MR) is 62.0 cm³/mol. The first-order chi connectivity index (χ1) is 7.72. The van der Waals surface area contributed by atoms with E-state index in [-0.39, 0.29) is 5.92 Å². The molecule has 0 bridgehead atoms. The number of aromatic nitrogens is 2. The van der Waals surface area contributed by atoms with E-state index in [0.717, 1.165) is 32.4 Å². The summed E-state index contributed by atoms with van der Waals surface area (Å²) in [4.78, 5) is 17.7. The van der Waals surface area contributed by atoms with Gasteiger partial charge in [0.2, 0.25) is 5.91 Å². The summed E-state index contributed by atoms with van der Waals surface area (Å²) in [6.45, 7) is 3.98. The van der Waals surface area contributed by atoms with E-state index in [1.165, 1.54) is 5.69 Å². The lowest BCUT2D eigenvalue weighted by atomic mass is 10.0. The predicted octanol–water partition coefficient (Wildman–Crippen LogP) is 1.31. The summed E-state index contributed by atoms with van der Waals surface area (Å²) in [6.07, 6.45) is 6.69. The van der Waals surface area contributed by atoms with Gasteiger partial charge in [0.25, 0.3) is 0 Å². The van der Waals surface area contributed by atoms with Crippen LogP contribution in [0.4, 0.5) is 0 Å². The van der Waals surface area contributed by atoms with Crippen LogP contribution in [0.5, 0.6) is 0 Å². The number of rotatable bonds is 4. The molecule has 16 heavy (non-hydrogen) atoms. The van der Waals surface area contributed by atoms with Crippen LogP contribution in [0.25, 0.3) is 0 Å². The van der Waals surface area contributed by atoms with Crippen LogP contribution in [0, 0.1) is 5.92 Å². The fourth-order valence-electron chi connectivity index (χ4n) is 2.33. The molecule has 0 N–H and O–H groups in total. The number of carbonyl (C=O) groups is 1. The average molecular weight is 221 g/mol. The van der Waals surface area contributed by atoms with E-state index in [9.17, 15) is 4.79 Å². The zero-order valence-corrected chi connectivity index (χ0v) is 10.0. The Kier molecular flexibility index (Phi) is 3.27. The number of carbonyl (C=O) groups excluding carboxylic acids is 1. The highest BCUT2D eigenvalue weighted by Gasteiger charge is 2.28. The van der Waals surface area contributed by atoms with Crippen LogP contribution in [0.15, 0.2) is 12.5 Å². The van der Waals surface area contributed by atoms with E-state index >= 15 is 0 Å². The van der Waals surface area contributed by atoms with Gasteiger partial charge in [-0.15, -0.1) is 0 Å². The molecule has 2 rings (SSSR count). The van der Waals surface area contributed by atoms with Gasteiger partial charge >= 0.3 is 0 Å². The van der Waals surface area contributed by atoms with Crippen LogP contribution in [0.2, 0.25) is 0 Å². The quantitative estimate of drug-likeness (QED) is 0.769. The molecule has 1 aromatic rings. The van der Waals surface area contributed by atoms with Gasteiger partial charge in [-0.05, 0) is 26.2 Å². The van der Waals surface area contributed by atoms with Crippen molar-refractivity contribution in [2.24, 2.45) is 5.92 Å². The lowest BCUT2D eigenvalue weighted by Gasteiger charge is -2.10. The first-order valence-electron chi connectivity index (χ1n) is 5.96. The standard InChI is InChI=1S/C12H19N3O/c1-3-15-9-13-8-11(15)5-4-10-6-7-14(2)12(10)16/h8-10H,3-7H2,1-2H3/t10-/m0/s1. The van der Waals surface area contributed by atoms with Gasteiger partial charge in [-0.3, -0.25) is 4.79 Å². The summed E-state index contributed by atoms with van der Waals surface area (Å²) < 4.78 is 2.14. The highest BCUT2D eigenvalue weighted by Crippen LogP contribution is 2.21. The molecule has 4 heteroatoms. The van der Waals surface area contributed by atoms with Gasteiger partial charge in [0, 0.05) is 37.9 Å². The highest BCUT2D eigenvalue weighted by molar-refractivity contribution is 5.80. The largest absolute Gasteiger partial charge is 0.345 e. The fourth-order valence-corrected chi connectivity index (χ4v) is 2.33. The summed E-state index contributed by atoms with van der Waals surface area (Å²) in [6, 6.07) is 0. The van der Waals surface area contributed by atoms with Gasteiger partial charge in [-0.25, -0.2) is 4.98 Å². The van der Waals surface area contributed by atoms with Crippen molar-refractivity contribution in [2.45, 2.75) is 32.7 Å². The van der Waals surface area contributed by atoms with Crippen molar-refractivity contribution in [2.75, 3.05) is 13.6 Å². The Labute approximate surface area is 96.3 Å². The lowest BCUT2D eigenvalue weighted by molar-refractivity contribution is -0.129. The first-order valence-corrected chi connectivity index (χ1v) is 5.96. The molecule has 0 aliphatic carbocycles. The molecule has 1 atom stereocenters. The van der Waals surface area contributed by atoms with E-state index in [0.29, 0.717) is 5.91 Å². The minimum atomic E-state index is 0.227. The number of amides is 1. The Morgan fingerprint density at radius 3 is 3.00 bits per heavy atom. The van der Waals surface area contributed by atoms with E-state index in [4.69, 9.17) is 0 Å². The smallest absolute Gasteiger partial charge is 0.225 e. The summed E-state index contributed by atoms with van der Waals surface area (Å²) in [7, 11) is 1.89. The molecule has 1 saturated heterocycles. The molecule has 0 aromatic carbocycles. The molecule has 0 unspecified atom stereocenters. The zero-order valence-electron chi connectivity index (χ0n) is 10.0. The highest BCUT2D eigenvalue weighted by atomic mass is 16.2. The lowest BCUT2D eigenvalue weighted by Crippen LogP contribution is -2.22. The van der Waals surface area contributed by atoms with Crippen LogP contribution in [-0.4, -0.2) is 34.0 Å². The SMILES string of the molecule is CCn1cncc1CC[C@H]1CCN(C)C1=O. The van der Waals surface area contributed by atoms with Gasteiger partial charge in [-0.1, -0.05) is 0 Å². The molecular weight excluding hydrogens is 202 g/mol. The third kappa shape index (κ3) is 2.10. The molecule has 4 nitrogen and oxygen atoms in total. The van der Waals surface area contributed by atoms with Crippen molar-refractivity contribution < 1.29 is 4.79 Å². The minimum absolute atomic E-state index is 0.227. The van der Waals surface area contributed by atoms with Gasteiger partial charge in [0.05, 0.1) is 6.33 Å². The average Bonchev–Trinajstić information content (AvgIpc) is 2.86.